The third-order valence-electron chi connectivity index (χ3n) is 4.12. The Bertz CT molecular complexity index is 857. The summed E-state index contributed by atoms with van der Waals surface area (Å²) in [6.45, 7) is 0.350. The highest BCUT2D eigenvalue weighted by atomic mass is 32.2. The lowest BCUT2D eigenvalue weighted by atomic mass is 10.2. The van der Waals surface area contributed by atoms with Gasteiger partial charge in [-0.15, -0.1) is 0 Å². The molecule has 9 heteroatoms. The zero-order valence-electron chi connectivity index (χ0n) is 13.8. The Kier molecular flexibility index (Phi) is 4.93. The first-order chi connectivity index (χ1) is 11.9. The van der Waals surface area contributed by atoms with E-state index in [2.05, 4.69) is 20.3 Å². The first kappa shape index (κ1) is 17.3. The number of nitrogens with one attached hydrogen (secondary N) is 1. The predicted octanol–water partition coefficient (Wildman–Crippen LogP) is 0.425. The molecule has 0 aliphatic carbocycles. The van der Waals surface area contributed by atoms with Gasteiger partial charge in [0.25, 0.3) is 5.91 Å². The number of rotatable bonds is 5. The quantitative estimate of drug-likeness (QED) is 0.823. The Balaban J connectivity index is 1.67. The van der Waals surface area contributed by atoms with Crippen molar-refractivity contribution >= 4 is 21.7 Å². The number of hydrogen-bond acceptors (Lipinski definition) is 7. The molecule has 3 rings (SSSR count). The second-order valence-corrected chi connectivity index (χ2v) is 8.18. The van der Waals surface area contributed by atoms with Gasteiger partial charge < -0.3 is 10.2 Å². The Morgan fingerprint density at radius 3 is 2.88 bits per heavy atom. The van der Waals surface area contributed by atoms with Gasteiger partial charge in [-0.05, 0) is 24.1 Å². The van der Waals surface area contributed by atoms with Gasteiger partial charge in [0.15, 0.2) is 9.84 Å². The van der Waals surface area contributed by atoms with Gasteiger partial charge in [0.05, 0.1) is 11.5 Å². The van der Waals surface area contributed by atoms with E-state index in [1.54, 1.807) is 30.4 Å². The number of sulfone groups is 1. The third-order valence-corrected chi connectivity index (χ3v) is 5.87. The van der Waals surface area contributed by atoms with Gasteiger partial charge in [0.1, 0.15) is 5.69 Å². The van der Waals surface area contributed by atoms with Crippen LogP contribution in [0.3, 0.4) is 0 Å². The standard InChI is InChI=1S/C16H19N5O3S/c1-21(13-5-8-25(23,24)11-13)16-18-7-4-14(20-16)15(22)19-10-12-3-2-6-17-9-12/h2-4,6-7,9,13H,5,8,10-11H2,1H3,(H,19,22). The van der Waals surface area contributed by atoms with Crippen LogP contribution < -0.4 is 10.2 Å². The normalized spacial score (nSPS) is 18.7. The van der Waals surface area contributed by atoms with Gasteiger partial charge in [-0.1, -0.05) is 6.07 Å². The monoisotopic (exact) mass is 361 g/mol. The van der Waals surface area contributed by atoms with E-state index in [4.69, 9.17) is 0 Å². The number of aromatic nitrogens is 3. The SMILES string of the molecule is CN(c1nccc(C(=O)NCc2cccnc2)n1)C1CCS(=O)(=O)C1. The molecule has 2 aromatic rings. The molecule has 2 aromatic heterocycles. The Labute approximate surface area is 146 Å². The summed E-state index contributed by atoms with van der Waals surface area (Å²) in [5.74, 6) is 0.286. The maximum Gasteiger partial charge on any atom is 0.270 e. The van der Waals surface area contributed by atoms with Crippen molar-refractivity contribution in [2.24, 2.45) is 0 Å². The highest BCUT2D eigenvalue weighted by Gasteiger charge is 2.31. The molecule has 132 valence electrons. The number of anilines is 1. The molecule has 8 nitrogen and oxygen atoms in total. The number of carbonyl (C=O) groups is 1. The lowest BCUT2D eigenvalue weighted by Crippen LogP contribution is -2.34. The lowest BCUT2D eigenvalue weighted by Gasteiger charge is -2.23. The number of amides is 1. The summed E-state index contributed by atoms with van der Waals surface area (Å²) in [6, 6.07) is 5.03. The highest BCUT2D eigenvalue weighted by Crippen LogP contribution is 2.20. The van der Waals surface area contributed by atoms with Gasteiger partial charge >= 0.3 is 0 Å². The summed E-state index contributed by atoms with van der Waals surface area (Å²) >= 11 is 0. The van der Waals surface area contributed by atoms with Crippen molar-refractivity contribution in [2.45, 2.75) is 19.0 Å². The van der Waals surface area contributed by atoms with E-state index in [-0.39, 0.29) is 29.1 Å². The summed E-state index contributed by atoms with van der Waals surface area (Å²) in [5, 5.41) is 2.78. The molecule has 1 atom stereocenters. The molecule has 1 aliphatic heterocycles. The first-order valence-electron chi connectivity index (χ1n) is 7.88. The van der Waals surface area contributed by atoms with E-state index < -0.39 is 9.84 Å². The fraction of sp³-hybridized carbons (Fsp3) is 0.375. The number of carbonyl (C=O) groups excluding carboxylic acids is 1. The van der Waals surface area contributed by atoms with Crippen LogP contribution in [0.4, 0.5) is 5.95 Å². The summed E-state index contributed by atoms with van der Waals surface area (Å²) in [7, 11) is -1.25. The first-order valence-corrected chi connectivity index (χ1v) is 9.70. The van der Waals surface area contributed by atoms with Crippen molar-refractivity contribution in [3.63, 3.8) is 0 Å². The minimum absolute atomic E-state index is 0.0876. The van der Waals surface area contributed by atoms with E-state index in [0.717, 1.165) is 5.56 Å². The number of hydrogen-bond donors (Lipinski definition) is 1. The second-order valence-electron chi connectivity index (χ2n) is 5.95. The molecule has 3 heterocycles. The van der Waals surface area contributed by atoms with E-state index >= 15 is 0 Å². The van der Waals surface area contributed by atoms with Gasteiger partial charge in [-0.25, -0.2) is 18.4 Å². The predicted molar refractivity (Wildman–Crippen MR) is 92.9 cm³/mol. The van der Waals surface area contributed by atoms with Gasteiger partial charge in [-0.2, -0.15) is 0 Å². The van der Waals surface area contributed by atoms with Crippen LogP contribution in [-0.2, 0) is 16.4 Å². The van der Waals surface area contributed by atoms with E-state index in [1.165, 1.54) is 12.3 Å². The Morgan fingerprint density at radius 2 is 2.20 bits per heavy atom. The maximum atomic E-state index is 12.3. The molecule has 1 saturated heterocycles. The van der Waals surface area contributed by atoms with Crippen LogP contribution in [0.5, 0.6) is 0 Å². The summed E-state index contributed by atoms with van der Waals surface area (Å²) in [6.07, 6.45) is 5.39. The summed E-state index contributed by atoms with van der Waals surface area (Å²) in [4.78, 5) is 26.4. The molecule has 0 bridgehead atoms. The molecule has 25 heavy (non-hydrogen) atoms. The van der Waals surface area contributed by atoms with Crippen LogP contribution in [0.25, 0.3) is 0 Å². The highest BCUT2D eigenvalue weighted by molar-refractivity contribution is 7.91. The number of nitrogens with zero attached hydrogens (tertiary/aromatic N) is 4. The minimum Gasteiger partial charge on any atom is -0.347 e. The molecule has 1 N–H and O–H groups in total. The summed E-state index contributed by atoms with van der Waals surface area (Å²) in [5.41, 5.74) is 1.13. The topological polar surface area (TPSA) is 105 Å². The zero-order chi connectivity index (χ0) is 17.9. The van der Waals surface area contributed by atoms with Crippen molar-refractivity contribution in [1.29, 1.82) is 0 Å². The van der Waals surface area contributed by atoms with Crippen LogP contribution in [0, 0.1) is 0 Å². The van der Waals surface area contributed by atoms with Crippen LogP contribution in [0.15, 0.2) is 36.8 Å². The summed E-state index contributed by atoms with van der Waals surface area (Å²) < 4.78 is 23.3. The lowest BCUT2D eigenvalue weighted by molar-refractivity contribution is 0.0945. The van der Waals surface area contributed by atoms with Crippen molar-refractivity contribution in [3.05, 3.63) is 48.0 Å². The van der Waals surface area contributed by atoms with Crippen LogP contribution in [0.1, 0.15) is 22.5 Å². The van der Waals surface area contributed by atoms with Crippen molar-refractivity contribution in [2.75, 3.05) is 23.5 Å². The average Bonchev–Trinajstić information content (AvgIpc) is 3.00. The molecule has 1 fully saturated rings. The van der Waals surface area contributed by atoms with Crippen LogP contribution in [-0.4, -0.2) is 53.9 Å². The Hall–Kier alpha value is -2.55. The number of pyridine rings is 1. The Morgan fingerprint density at radius 1 is 1.36 bits per heavy atom. The molecule has 0 saturated carbocycles. The zero-order valence-corrected chi connectivity index (χ0v) is 14.6. The molecule has 0 spiro atoms. The second kappa shape index (κ2) is 7.14. The largest absolute Gasteiger partial charge is 0.347 e. The smallest absolute Gasteiger partial charge is 0.270 e. The van der Waals surface area contributed by atoms with Gasteiger partial charge in [-0.3, -0.25) is 9.78 Å². The van der Waals surface area contributed by atoms with Gasteiger partial charge in [0.2, 0.25) is 5.95 Å². The molecule has 0 radical (unpaired) electrons. The van der Waals surface area contributed by atoms with Crippen LogP contribution in [0.2, 0.25) is 0 Å². The average molecular weight is 361 g/mol. The van der Waals surface area contributed by atoms with E-state index in [0.29, 0.717) is 18.9 Å². The van der Waals surface area contributed by atoms with Crippen molar-refractivity contribution in [3.8, 4) is 0 Å². The molecule has 1 aliphatic rings. The van der Waals surface area contributed by atoms with Crippen molar-refractivity contribution in [1.82, 2.24) is 20.3 Å². The molecule has 1 unspecified atom stereocenters. The van der Waals surface area contributed by atoms with E-state index in [1.807, 2.05) is 6.07 Å². The maximum absolute atomic E-state index is 12.3. The molecular weight excluding hydrogens is 342 g/mol. The minimum atomic E-state index is -3.00. The van der Waals surface area contributed by atoms with Gasteiger partial charge in [0, 0.05) is 38.2 Å². The molecule has 0 aromatic carbocycles. The van der Waals surface area contributed by atoms with Crippen LogP contribution >= 0.6 is 0 Å². The molecule has 1 amide bonds. The van der Waals surface area contributed by atoms with E-state index in [9.17, 15) is 13.2 Å². The third kappa shape index (κ3) is 4.30. The fourth-order valence-corrected chi connectivity index (χ4v) is 4.44. The molecular formula is C16H19N5O3S. The van der Waals surface area contributed by atoms with Crippen molar-refractivity contribution < 1.29 is 13.2 Å². The fourth-order valence-electron chi connectivity index (χ4n) is 2.66.